The van der Waals surface area contributed by atoms with E-state index in [9.17, 15) is 9.59 Å². The number of hydrazine groups is 1. The van der Waals surface area contributed by atoms with Gasteiger partial charge in [-0.25, -0.2) is 5.84 Å². The minimum Gasteiger partial charge on any atom is -0.399 e. The summed E-state index contributed by atoms with van der Waals surface area (Å²) in [6.45, 7) is 0.102. The number of nitriles is 1. The van der Waals surface area contributed by atoms with Gasteiger partial charge in [0.25, 0.3) is 11.8 Å². The van der Waals surface area contributed by atoms with Gasteiger partial charge in [0.2, 0.25) is 0 Å². The molecule has 1 aliphatic carbocycles. The molecule has 24 heavy (non-hydrogen) atoms. The Morgan fingerprint density at radius 1 is 1.29 bits per heavy atom. The topological polar surface area (TPSA) is 137 Å². The van der Waals surface area contributed by atoms with Crippen molar-refractivity contribution in [3.8, 4) is 6.07 Å². The van der Waals surface area contributed by atoms with Crippen LogP contribution in [0.4, 0.5) is 0 Å². The van der Waals surface area contributed by atoms with Crippen molar-refractivity contribution in [2.24, 2.45) is 11.6 Å². The summed E-state index contributed by atoms with van der Waals surface area (Å²) in [6, 6.07) is 8.40. The number of nitrogens with zero attached hydrogens (tertiary/aromatic N) is 2. The van der Waals surface area contributed by atoms with Crippen LogP contribution < -0.4 is 22.2 Å². The summed E-state index contributed by atoms with van der Waals surface area (Å²) in [5.74, 6) is 5.27. The maximum absolute atomic E-state index is 12.1. The summed E-state index contributed by atoms with van der Waals surface area (Å²) in [4.78, 5) is 23.5. The smallest absolute Gasteiger partial charge is 0.251 e. The molecule has 1 fully saturated rings. The quantitative estimate of drug-likeness (QED) is 0.422. The average molecular weight is 328 g/mol. The van der Waals surface area contributed by atoms with Gasteiger partial charge in [-0.1, -0.05) is 0 Å². The van der Waals surface area contributed by atoms with Crippen LogP contribution in [-0.2, 0) is 0 Å². The molecular weight excluding hydrogens is 308 g/mol. The molecule has 0 atom stereocenters. The summed E-state index contributed by atoms with van der Waals surface area (Å²) >= 11 is 0. The molecule has 8 nitrogen and oxygen atoms in total. The van der Waals surface area contributed by atoms with Gasteiger partial charge in [-0.2, -0.15) is 5.26 Å². The van der Waals surface area contributed by atoms with Gasteiger partial charge in [-0.15, -0.1) is 0 Å². The molecule has 126 valence electrons. The second-order valence-electron chi connectivity index (χ2n) is 5.59. The van der Waals surface area contributed by atoms with Crippen LogP contribution >= 0.6 is 0 Å². The third-order valence-corrected chi connectivity index (χ3v) is 3.82. The van der Waals surface area contributed by atoms with Gasteiger partial charge >= 0.3 is 0 Å². The Kier molecular flexibility index (Phi) is 5.06. The summed E-state index contributed by atoms with van der Waals surface area (Å²) < 4.78 is 0. The lowest BCUT2D eigenvalue weighted by Crippen LogP contribution is -2.39. The van der Waals surface area contributed by atoms with Gasteiger partial charge in [0, 0.05) is 30.1 Å². The Morgan fingerprint density at radius 3 is 2.29 bits per heavy atom. The average Bonchev–Trinajstić information content (AvgIpc) is 3.40. The second kappa shape index (κ2) is 7.02. The van der Waals surface area contributed by atoms with Crippen LogP contribution in [0.25, 0.3) is 0 Å². The van der Waals surface area contributed by atoms with Crippen LogP contribution in [0.15, 0.2) is 36.2 Å². The first-order chi connectivity index (χ1) is 11.4. The van der Waals surface area contributed by atoms with Gasteiger partial charge < -0.3 is 16.4 Å². The van der Waals surface area contributed by atoms with Gasteiger partial charge in [-0.3, -0.25) is 14.6 Å². The Morgan fingerprint density at radius 2 is 1.83 bits per heavy atom. The zero-order valence-electron chi connectivity index (χ0n) is 13.4. The molecule has 2 amide bonds. The summed E-state index contributed by atoms with van der Waals surface area (Å²) in [6.07, 6.45) is 2.87. The number of nitrogens with one attached hydrogen (secondary N) is 2. The lowest BCUT2D eigenvalue weighted by atomic mass is 10.1. The molecule has 1 aromatic rings. The zero-order valence-corrected chi connectivity index (χ0v) is 13.4. The summed E-state index contributed by atoms with van der Waals surface area (Å²) in [5.41, 5.74) is 6.39. The normalized spacial score (nSPS) is 15.1. The SMILES string of the molecule is CNC(=O)c1ccc(C(=O)NC/C(N)=C/N(N)C2(C#N)CC2)cc1. The first-order valence-electron chi connectivity index (χ1n) is 7.43. The Bertz CT molecular complexity index is 700. The zero-order chi connectivity index (χ0) is 17.7. The molecular formula is C16H20N6O2. The van der Waals surface area contributed by atoms with E-state index in [0.717, 1.165) is 0 Å². The first kappa shape index (κ1) is 17.3. The van der Waals surface area contributed by atoms with Crippen LogP contribution in [0.2, 0.25) is 0 Å². The van der Waals surface area contributed by atoms with Crippen molar-refractivity contribution >= 4 is 11.8 Å². The van der Waals surface area contributed by atoms with Gasteiger partial charge in [0.15, 0.2) is 0 Å². The van der Waals surface area contributed by atoms with Crippen LogP contribution in [0.1, 0.15) is 33.6 Å². The highest BCUT2D eigenvalue weighted by Crippen LogP contribution is 2.39. The minimum absolute atomic E-state index is 0.102. The number of hydrogen-bond acceptors (Lipinski definition) is 6. The van der Waals surface area contributed by atoms with Crippen molar-refractivity contribution in [1.82, 2.24) is 15.6 Å². The largest absolute Gasteiger partial charge is 0.399 e. The number of carbonyl (C=O) groups is 2. The Hall–Kier alpha value is -3.05. The minimum atomic E-state index is -0.662. The van der Waals surface area contributed by atoms with E-state index in [-0.39, 0.29) is 18.4 Å². The molecule has 1 aromatic carbocycles. The van der Waals surface area contributed by atoms with E-state index in [1.807, 2.05) is 0 Å². The van der Waals surface area contributed by atoms with Crippen molar-refractivity contribution in [3.63, 3.8) is 0 Å². The van der Waals surface area contributed by atoms with E-state index in [0.29, 0.717) is 29.7 Å². The number of nitrogens with two attached hydrogens (primary N) is 2. The molecule has 2 rings (SSSR count). The van der Waals surface area contributed by atoms with Gasteiger partial charge in [0.1, 0.15) is 5.54 Å². The highest BCUT2D eigenvalue weighted by molar-refractivity contribution is 5.97. The molecule has 1 aliphatic rings. The molecule has 8 heteroatoms. The molecule has 0 aliphatic heterocycles. The van der Waals surface area contributed by atoms with E-state index in [1.54, 1.807) is 24.3 Å². The first-order valence-corrected chi connectivity index (χ1v) is 7.43. The number of carbonyl (C=O) groups excluding carboxylic acids is 2. The number of hydrogen-bond donors (Lipinski definition) is 4. The third kappa shape index (κ3) is 3.83. The van der Waals surface area contributed by atoms with Crippen molar-refractivity contribution < 1.29 is 9.59 Å². The van der Waals surface area contributed by atoms with Crippen molar-refractivity contribution in [2.45, 2.75) is 18.4 Å². The van der Waals surface area contributed by atoms with E-state index in [1.165, 1.54) is 18.3 Å². The van der Waals surface area contributed by atoms with Crippen LogP contribution in [-0.4, -0.2) is 36.0 Å². The molecule has 1 saturated carbocycles. The third-order valence-electron chi connectivity index (χ3n) is 3.82. The van der Waals surface area contributed by atoms with Crippen LogP contribution in [0, 0.1) is 11.3 Å². The fraction of sp³-hybridized carbons (Fsp3) is 0.312. The predicted octanol–water partition coefficient (Wildman–Crippen LogP) is -0.192. The molecule has 0 aromatic heterocycles. The number of benzene rings is 1. The monoisotopic (exact) mass is 328 g/mol. The highest BCUT2D eigenvalue weighted by Gasteiger charge is 2.47. The lowest BCUT2D eigenvalue weighted by Gasteiger charge is -2.20. The van der Waals surface area contributed by atoms with Gasteiger partial charge in [-0.05, 0) is 37.1 Å². The fourth-order valence-electron chi connectivity index (χ4n) is 2.10. The molecule has 0 bridgehead atoms. The van der Waals surface area contributed by atoms with E-state index < -0.39 is 5.54 Å². The maximum atomic E-state index is 12.1. The highest BCUT2D eigenvalue weighted by atomic mass is 16.2. The maximum Gasteiger partial charge on any atom is 0.251 e. The number of amides is 2. The second-order valence-corrected chi connectivity index (χ2v) is 5.59. The summed E-state index contributed by atoms with van der Waals surface area (Å²) in [5, 5.41) is 15.5. The molecule has 0 spiro atoms. The predicted molar refractivity (Wildman–Crippen MR) is 88.0 cm³/mol. The van der Waals surface area contributed by atoms with Crippen LogP contribution in [0.5, 0.6) is 0 Å². The molecule has 0 saturated heterocycles. The van der Waals surface area contributed by atoms with Gasteiger partial charge in [0.05, 0.1) is 12.6 Å². The molecule has 0 unspecified atom stereocenters. The molecule has 0 radical (unpaired) electrons. The molecule has 6 N–H and O–H groups in total. The number of rotatable bonds is 6. The van der Waals surface area contributed by atoms with E-state index in [4.69, 9.17) is 16.8 Å². The lowest BCUT2D eigenvalue weighted by molar-refractivity contribution is 0.0947. The van der Waals surface area contributed by atoms with E-state index in [2.05, 4.69) is 16.7 Å². The van der Waals surface area contributed by atoms with E-state index >= 15 is 0 Å². The standard InChI is InChI=1S/C16H20N6O2/c1-20-14(23)11-2-4-12(5-3-11)15(24)21-8-13(18)9-22(19)16(10-17)6-7-16/h2-5,9H,6-8,18-19H2,1H3,(H,20,23)(H,21,24)/b13-9-. The molecule has 0 heterocycles. The Labute approximate surface area is 140 Å². The van der Waals surface area contributed by atoms with Crippen molar-refractivity contribution in [3.05, 3.63) is 47.3 Å². The van der Waals surface area contributed by atoms with Crippen LogP contribution in [0.3, 0.4) is 0 Å². The summed E-state index contributed by atoms with van der Waals surface area (Å²) in [7, 11) is 1.54. The fourth-order valence-corrected chi connectivity index (χ4v) is 2.10. The van der Waals surface area contributed by atoms with Crippen molar-refractivity contribution in [2.75, 3.05) is 13.6 Å². The van der Waals surface area contributed by atoms with Crippen molar-refractivity contribution in [1.29, 1.82) is 5.26 Å². The Balaban J connectivity index is 1.91.